The topological polar surface area (TPSA) is 84.3 Å². The maximum absolute atomic E-state index is 12.9. The summed E-state index contributed by atoms with van der Waals surface area (Å²) in [6, 6.07) is 2.29. The number of benzene rings is 1. The fraction of sp³-hybridized carbons (Fsp3) is 0.375. The summed E-state index contributed by atoms with van der Waals surface area (Å²) in [6.45, 7) is 0.158. The molecule has 0 aliphatic heterocycles. The van der Waals surface area contributed by atoms with Crippen LogP contribution in [0.25, 0.3) is 0 Å². The molecule has 0 spiro atoms. The minimum absolute atomic E-state index is 0.216. The average molecular weight is 439 g/mol. The van der Waals surface area contributed by atoms with Crippen LogP contribution in [0.2, 0.25) is 5.02 Å². The first-order valence-corrected chi connectivity index (χ1v) is 10.3. The zero-order valence-electron chi connectivity index (χ0n) is 14.8. The largest absolute Gasteiger partial charge is 0.416 e. The lowest BCUT2D eigenvalue weighted by Crippen LogP contribution is -2.41. The number of hydrogen-bond donors (Lipinski definition) is 1. The van der Waals surface area contributed by atoms with E-state index in [1.807, 2.05) is 0 Å². The monoisotopic (exact) mass is 438 g/mol. The predicted octanol–water partition coefficient (Wildman–Crippen LogP) is 2.53. The van der Waals surface area contributed by atoms with Gasteiger partial charge in [-0.15, -0.1) is 0 Å². The number of amides is 1. The Balaban J connectivity index is 2.09. The second-order valence-electron chi connectivity index (χ2n) is 5.94. The Hall–Kier alpha value is -2.27. The zero-order chi connectivity index (χ0) is 20.9. The molecule has 12 heteroatoms. The molecule has 0 bridgehead atoms. The quantitative estimate of drug-likeness (QED) is 0.642. The van der Waals surface area contributed by atoms with Crippen LogP contribution in [0.15, 0.2) is 36.9 Å². The van der Waals surface area contributed by atoms with Crippen molar-refractivity contribution in [1.82, 2.24) is 14.9 Å². The van der Waals surface area contributed by atoms with Crippen LogP contribution in [-0.4, -0.2) is 43.2 Å². The summed E-state index contributed by atoms with van der Waals surface area (Å²) in [6.07, 6.45) is 1.65. The van der Waals surface area contributed by atoms with Gasteiger partial charge >= 0.3 is 6.18 Å². The van der Waals surface area contributed by atoms with Crippen molar-refractivity contribution < 1.29 is 26.4 Å². The predicted molar refractivity (Wildman–Crippen MR) is 98.5 cm³/mol. The van der Waals surface area contributed by atoms with Crippen molar-refractivity contribution in [2.75, 3.05) is 23.7 Å². The standard InChI is InChI=1S/C16H18ClF3N4O3S/c1-28(26,27)24(14-9-12(16(18,19)20)3-4-13(14)17)10-15(25)22-5-2-7-23-8-6-21-11-23/h3-4,6,8-9,11H,2,5,7,10H2,1H3,(H,22,25). The molecule has 1 amide bonds. The zero-order valence-corrected chi connectivity index (χ0v) is 16.4. The van der Waals surface area contributed by atoms with Crippen LogP contribution in [0, 0.1) is 0 Å². The fourth-order valence-electron chi connectivity index (χ4n) is 2.36. The number of aryl methyl sites for hydroxylation is 1. The van der Waals surface area contributed by atoms with E-state index in [-0.39, 0.29) is 11.6 Å². The number of hydrogen-bond acceptors (Lipinski definition) is 4. The van der Waals surface area contributed by atoms with Gasteiger partial charge in [0.2, 0.25) is 15.9 Å². The Morgan fingerprint density at radius 2 is 2.07 bits per heavy atom. The van der Waals surface area contributed by atoms with Crippen molar-refractivity contribution >= 4 is 33.2 Å². The number of alkyl halides is 3. The first-order valence-electron chi connectivity index (χ1n) is 8.05. The van der Waals surface area contributed by atoms with Crippen LogP contribution < -0.4 is 9.62 Å². The Morgan fingerprint density at radius 1 is 1.36 bits per heavy atom. The summed E-state index contributed by atoms with van der Waals surface area (Å²) in [5.74, 6) is -0.662. The lowest BCUT2D eigenvalue weighted by atomic mass is 10.2. The molecule has 1 aromatic carbocycles. The minimum Gasteiger partial charge on any atom is -0.354 e. The maximum Gasteiger partial charge on any atom is 0.416 e. The molecule has 7 nitrogen and oxygen atoms in total. The molecule has 0 atom stereocenters. The van der Waals surface area contributed by atoms with Gasteiger partial charge in [-0.2, -0.15) is 13.2 Å². The van der Waals surface area contributed by atoms with Crippen molar-refractivity contribution in [2.45, 2.75) is 19.1 Å². The van der Waals surface area contributed by atoms with Crippen molar-refractivity contribution in [3.8, 4) is 0 Å². The summed E-state index contributed by atoms with van der Waals surface area (Å²) in [5, 5.41) is 2.32. The summed E-state index contributed by atoms with van der Waals surface area (Å²) in [7, 11) is -4.06. The molecule has 0 unspecified atom stereocenters. The highest BCUT2D eigenvalue weighted by Crippen LogP contribution is 2.36. The van der Waals surface area contributed by atoms with E-state index in [4.69, 9.17) is 11.6 Å². The van der Waals surface area contributed by atoms with Gasteiger partial charge in [0.25, 0.3) is 0 Å². The van der Waals surface area contributed by atoms with Crippen LogP contribution in [-0.2, 0) is 27.5 Å². The highest BCUT2D eigenvalue weighted by atomic mass is 35.5. The molecule has 1 N–H and O–H groups in total. The number of aromatic nitrogens is 2. The van der Waals surface area contributed by atoms with Crippen LogP contribution >= 0.6 is 11.6 Å². The number of sulfonamides is 1. The van der Waals surface area contributed by atoms with E-state index in [2.05, 4.69) is 10.3 Å². The highest BCUT2D eigenvalue weighted by molar-refractivity contribution is 7.92. The second-order valence-corrected chi connectivity index (χ2v) is 8.25. The first-order chi connectivity index (χ1) is 13.0. The van der Waals surface area contributed by atoms with Crippen LogP contribution in [0.4, 0.5) is 18.9 Å². The number of nitrogens with zero attached hydrogens (tertiary/aromatic N) is 3. The Labute approximate surface area is 165 Å². The normalized spacial score (nSPS) is 12.0. The molecule has 0 radical (unpaired) electrons. The third-order valence-corrected chi connectivity index (χ3v) is 5.15. The summed E-state index contributed by atoms with van der Waals surface area (Å²) < 4.78 is 65.3. The van der Waals surface area contributed by atoms with E-state index in [0.29, 0.717) is 23.3 Å². The SMILES string of the molecule is CS(=O)(=O)N(CC(=O)NCCCn1ccnc1)c1cc(C(F)(F)F)ccc1Cl. The minimum atomic E-state index is -4.68. The molecule has 0 aliphatic carbocycles. The smallest absolute Gasteiger partial charge is 0.354 e. The lowest BCUT2D eigenvalue weighted by Gasteiger charge is -2.24. The van der Waals surface area contributed by atoms with Crippen molar-refractivity contribution in [2.24, 2.45) is 0 Å². The lowest BCUT2D eigenvalue weighted by molar-refractivity contribution is -0.137. The van der Waals surface area contributed by atoms with E-state index in [0.717, 1.165) is 18.4 Å². The number of nitrogens with one attached hydrogen (secondary N) is 1. The van der Waals surface area contributed by atoms with Gasteiger partial charge in [0.1, 0.15) is 6.54 Å². The third kappa shape index (κ3) is 6.13. The number of halogens is 4. The van der Waals surface area contributed by atoms with Crippen molar-refractivity contribution in [3.05, 3.63) is 47.5 Å². The molecule has 1 heterocycles. The molecule has 0 saturated carbocycles. The molecule has 1 aromatic heterocycles. The summed E-state index contributed by atoms with van der Waals surface area (Å²) >= 11 is 5.90. The molecule has 0 fully saturated rings. The van der Waals surface area contributed by atoms with E-state index >= 15 is 0 Å². The molecular formula is C16H18ClF3N4O3S. The number of carbonyl (C=O) groups is 1. The van der Waals surface area contributed by atoms with Gasteiger partial charge in [0.05, 0.1) is 28.9 Å². The van der Waals surface area contributed by atoms with Crippen LogP contribution in [0.1, 0.15) is 12.0 Å². The number of anilines is 1. The molecule has 154 valence electrons. The van der Waals surface area contributed by atoms with Gasteiger partial charge in [-0.25, -0.2) is 13.4 Å². The van der Waals surface area contributed by atoms with Gasteiger partial charge in [0.15, 0.2) is 0 Å². The third-order valence-electron chi connectivity index (χ3n) is 3.70. The number of imidazole rings is 1. The van der Waals surface area contributed by atoms with Gasteiger partial charge in [0, 0.05) is 25.5 Å². The van der Waals surface area contributed by atoms with Gasteiger partial charge in [-0.05, 0) is 24.6 Å². The van der Waals surface area contributed by atoms with Gasteiger partial charge in [-0.3, -0.25) is 9.10 Å². The van der Waals surface area contributed by atoms with E-state index in [1.165, 1.54) is 0 Å². The van der Waals surface area contributed by atoms with E-state index < -0.39 is 39.9 Å². The molecule has 2 rings (SSSR count). The fourth-order valence-corrected chi connectivity index (χ4v) is 3.49. The Kier molecular flexibility index (Phi) is 6.94. The summed E-state index contributed by atoms with van der Waals surface area (Å²) in [5.41, 5.74) is -1.48. The van der Waals surface area contributed by atoms with E-state index in [1.54, 1.807) is 23.3 Å². The Bertz CT molecular complexity index is 918. The van der Waals surface area contributed by atoms with Gasteiger partial charge in [-0.1, -0.05) is 11.6 Å². The second kappa shape index (κ2) is 8.82. The maximum atomic E-state index is 12.9. The van der Waals surface area contributed by atoms with E-state index in [9.17, 15) is 26.4 Å². The van der Waals surface area contributed by atoms with Crippen LogP contribution in [0.5, 0.6) is 0 Å². The number of carbonyl (C=O) groups excluding carboxylic acids is 1. The molecule has 0 aliphatic rings. The van der Waals surface area contributed by atoms with Crippen molar-refractivity contribution in [3.63, 3.8) is 0 Å². The van der Waals surface area contributed by atoms with Gasteiger partial charge < -0.3 is 9.88 Å². The highest BCUT2D eigenvalue weighted by Gasteiger charge is 2.33. The molecular weight excluding hydrogens is 421 g/mol. The van der Waals surface area contributed by atoms with Crippen molar-refractivity contribution in [1.29, 1.82) is 0 Å². The van der Waals surface area contributed by atoms with Crippen LogP contribution in [0.3, 0.4) is 0 Å². The molecule has 0 saturated heterocycles. The average Bonchev–Trinajstić information content (AvgIpc) is 3.09. The summed E-state index contributed by atoms with van der Waals surface area (Å²) in [4.78, 5) is 16.0. The molecule has 2 aromatic rings. The Morgan fingerprint density at radius 3 is 2.64 bits per heavy atom. The number of rotatable bonds is 8. The first kappa shape index (κ1) is 22.0. The molecule has 28 heavy (non-hydrogen) atoms.